The minimum Gasteiger partial charge on any atom is -0.469 e. The number of methoxy groups -OCH3 is 2. The van der Waals surface area contributed by atoms with Crippen molar-refractivity contribution >= 4 is 11.9 Å². The normalized spacial score (nSPS) is 26.5. The van der Waals surface area contributed by atoms with E-state index in [2.05, 4.69) is 14.8 Å². The molecule has 2 atom stereocenters. The third-order valence-corrected chi connectivity index (χ3v) is 2.67. The summed E-state index contributed by atoms with van der Waals surface area (Å²) in [6.45, 7) is 0.729. The van der Waals surface area contributed by atoms with Gasteiger partial charge in [-0.15, -0.1) is 0 Å². The molecule has 5 nitrogen and oxygen atoms in total. The molecule has 86 valence electrons. The molecule has 0 saturated carbocycles. The lowest BCUT2D eigenvalue weighted by atomic mass is 9.95. The molecule has 0 spiro atoms. The molecule has 0 aromatic heterocycles. The Hall–Kier alpha value is -1.10. The van der Waals surface area contributed by atoms with Crippen molar-refractivity contribution in [1.29, 1.82) is 0 Å². The molecule has 1 heterocycles. The fourth-order valence-electron chi connectivity index (χ4n) is 1.84. The minimum atomic E-state index is -0.565. The van der Waals surface area contributed by atoms with Crippen LogP contribution in [0.1, 0.15) is 19.3 Å². The molecule has 0 aliphatic carbocycles. The SMILES string of the molecule is COC(=O)C1CCCCNC1C(=O)OC. The van der Waals surface area contributed by atoms with Gasteiger partial charge < -0.3 is 14.8 Å². The number of ether oxygens (including phenoxy) is 2. The highest BCUT2D eigenvalue weighted by Gasteiger charge is 2.35. The quantitative estimate of drug-likeness (QED) is 0.661. The van der Waals surface area contributed by atoms with Gasteiger partial charge in [0.15, 0.2) is 0 Å². The van der Waals surface area contributed by atoms with E-state index < -0.39 is 17.9 Å². The highest BCUT2D eigenvalue weighted by atomic mass is 16.5. The molecule has 1 aliphatic rings. The van der Waals surface area contributed by atoms with E-state index in [0.29, 0.717) is 6.42 Å². The lowest BCUT2D eigenvalue weighted by Gasteiger charge is -2.21. The van der Waals surface area contributed by atoms with Gasteiger partial charge >= 0.3 is 11.9 Å². The third-order valence-electron chi connectivity index (χ3n) is 2.67. The first kappa shape index (κ1) is 12.0. The van der Waals surface area contributed by atoms with Gasteiger partial charge in [0.2, 0.25) is 0 Å². The average molecular weight is 215 g/mol. The van der Waals surface area contributed by atoms with Crippen molar-refractivity contribution < 1.29 is 19.1 Å². The first-order valence-electron chi connectivity index (χ1n) is 5.09. The number of nitrogens with one attached hydrogen (secondary N) is 1. The van der Waals surface area contributed by atoms with Gasteiger partial charge in [-0.25, -0.2) is 0 Å². The second-order valence-corrected chi connectivity index (χ2v) is 3.58. The van der Waals surface area contributed by atoms with E-state index in [0.717, 1.165) is 19.4 Å². The maximum absolute atomic E-state index is 11.5. The molecule has 2 unspecified atom stereocenters. The summed E-state index contributed by atoms with van der Waals surface area (Å²) >= 11 is 0. The zero-order chi connectivity index (χ0) is 11.3. The van der Waals surface area contributed by atoms with Crippen molar-refractivity contribution in [3.8, 4) is 0 Å². The van der Waals surface area contributed by atoms with E-state index in [4.69, 9.17) is 0 Å². The summed E-state index contributed by atoms with van der Waals surface area (Å²) in [6, 6.07) is -0.565. The Morgan fingerprint density at radius 1 is 1.13 bits per heavy atom. The number of esters is 2. The van der Waals surface area contributed by atoms with E-state index >= 15 is 0 Å². The van der Waals surface area contributed by atoms with Crippen LogP contribution in [-0.2, 0) is 19.1 Å². The van der Waals surface area contributed by atoms with E-state index in [1.165, 1.54) is 14.2 Å². The van der Waals surface area contributed by atoms with Crippen molar-refractivity contribution in [2.75, 3.05) is 20.8 Å². The second kappa shape index (κ2) is 5.70. The standard InChI is InChI=1S/C10H17NO4/c1-14-9(12)7-5-3-4-6-11-8(7)10(13)15-2/h7-8,11H,3-6H2,1-2H3. The van der Waals surface area contributed by atoms with Crippen molar-refractivity contribution in [2.45, 2.75) is 25.3 Å². The Morgan fingerprint density at radius 3 is 2.40 bits per heavy atom. The molecule has 1 aliphatic heterocycles. The van der Waals surface area contributed by atoms with Crippen molar-refractivity contribution in [3.05, 3.63) is 0 Å². The Morgan fingerprint density at radius 2 is 1.80 bits per heavy atom. The van der Waals surface area contributed by atoms with Gasteiger partial charge in [-0.3, -0.25) is 9.59 Å². The van der Waals surface area contributed by atoms with E-state index in [9.17, 15) is 9.59 Å². The van der Waals surface area contributed by atoms with Crippen LogP contribution in [0.25, 0.3) is 0 Å². The topological polar surface area (TPSA) is 64.6 Å². The molecule has 15 heavy (non-hydrogen) atoms. The Kier molecular flexibility index (Phi) is 4.55. The van der Waals surface area contributed by atoms with Crippen LogP contribution >= 0.6 is 0 Å². The Bertz CT molecular complexity index is 218. The largest absolute Gasteiger partial charge is 0.469 e. The van der Waals surface area contributed by atoms with Crippen LogP contribution < -0.4 is 5.32 Å². The molecule has 0 bridgehead atoms. The molecular formula is C10H17NO4. The van der Waals surface area contributed by atoms with Crippen molar-refractivity contribution in [2.24, 2.45) is 5.92 Å². The van der Waals surface area contributed by atoms with Gasteiger partial charge in [0, 0.05) is 0 Å². The van der Waals surface area contributed by atoms with E-state index in [-0.39, 0.29) is 5.97 Å². The average Bonchev–Trinajstić information content (AvgIpc) is 2.52. The Balaban J connectivity index is 2.75. The number of carbonyl (C=O) groups is 2. The molecule has 0 aromatic carbocycles. The maximum atomic E-state index is 11.5. The highest BCUT2D eigenvalue weighted by Crippen LogP contribution is 2.19. The number of carbonyl (C=O) groups excluding carboxylic acids is 2. The molecule has 0 aromatic rings. The smallest absolute Gasteiger partial charge is 0.323 e. The van der Waals surface area contributed by atoms with E-state index in [1.807, 2.05) is 0 Å². The first-order chi connectivity index (χ1) is 7.20. The maximum Gasteiger partial charge on any atom is 0.323 e. The second-order valence-electron chi connectivity index (χ2n) is 3.58. The van der Waals surface area contributed by atoms with Gasteiger partial charge in [0.25, 0.3) is 0 Å². The lowest BCUT2D eigenvalue weighted by Crippen LogP contribution is -2.45. The molecule has 1 rings (SSSR count). The molecule has 5 heteroatoms. The monoisotopic (exact) mass is 215 g/mol. The van der Waals surface area contributed by atoms with Crippen LogP contribution in [0.4, 0.5) is 0 Å². The minimum absolute atomic E-state index is 0.347. The molecule has 0 radical (unpaired) electrons. The highest BCUT2D eigenvalue weighted by molar-refractivity contribution is 5.84. The zero-order valence-corrected chi connectivity index (χ0v) is 9.12. The van der Waals surface area contributed by atoms with Gasteiger partial charge in [-0.2, -0.15) is 0 Å². The fraction of sp³-hybridized carbons (Fsp3) is 0.800. The molecule has 0 amide bonds. The summed E-state index contributed by atoms with van der Waals surface area (Å²) in [5, 5.41) is 3.02. The third kappa shape index (κ3) is 2.92. The van der Waals surface area contributed by atoms with Crippen LogP contribution in [0.2, 0.25) is 0 Å². The Labute approximate surface area is 89.1 Å². The summed E-state index contributed by atoms with van der Waals surface area (Å²) in [4.78, 5) is 22.9. The molecule has 1 saturated heterocycles. The van der Waals surface area contributed by atoms with Crippen molar-refractivity contribution in [3.63, 3.8) is 0 Å². The summed E-state index contributed by atoms with van der Waals surface area (Å²) < 4.78 is 9.34. The van der Waals surface area contributed by atoms with Gasteiger partial charge in [0.1, 0.15) is 6.04 Å². The van der Waals surface area contributed by atoms with Crippen LogP contribution in [-0.4, -0.2) is 38.7 Å². The summed E-state index contributed by atoms with van der Waals surface area (Å²) in [6.07, 6.45) is 2.54. The first-order valence-corrected chi connectivity index (χ1v) is 5.09. The van der Waals surface area contributed by atoms with Gasteiger partial charge in [-0.1, -0.05) is 6.42 Å². The van der Waals surface area contributed by atoms with Crippen LogP contribution in [0.3, 0.4) is 0 Å². The molecule has 1 N–H and O–H groups in total. The summed E-state index contributed by atoms with van der Waals surface area (Å²) in [5.41, 5.74) is 0. The van der Waals surface area contributed by atoms with Crippen LogP contribution in [0.5, 0.6) is 0 Å². The van der Waals surface area contributed by atoms with Gasteiger partial charge in [0.05, 0.1) is 20.1 Å². The number of hydrogen-bond acceptors (Lipinski definition) is 5. The fourth-order valence-corrected chi connectivity index (χ4v) is 1.84. The van der Waals surface area contributed by atoms with Crippen molar-refractivity contribution in [1.82, 2.24) is 5.32 Å². The summed E-state index contributed by atoms with van der Waals surface area (Å²) in [5.74, 6) is -1.17. The predicted molar refractivity (Wildman–Crippen MR) is 53.2 cm³/mol. The predicted octanol–water partition coefficient (Wildman–Crippen LogP) is 0.0907. The lowest BCUT2D eigenvalue weighted by molar-refractivity contribution is -0.154. The number of hydrogen-bond donors (Lipinski definition) is 1. The number of rotatable bonds is 2. The molecular weight excluding hydrogens is 198 g/mol. The van der Waals surface area contributed by atoms with E-state index in [1.54, 1.807) is 0 Å². The van der Waals surface area contributed by atoms with Gasteiger partial charge in [-0.05, 0) is 19.4 Å². The van der Waals surface area contributed by atoms with Crippen LogP contribution in [0.15, 0.2) is 0 Å². The summed E-state index contributed by atoms with van der Waals surface area (Å²) in [7, 11) is 2.66. The van der Waals surface area contributed by atoms with Crippen LogP contribution in [0, 0.1) is 5.92 Å². The molecule has 1 fully saturated rings. The zero-order valence-electron chi connectivity index (χ0n) is 9.12.